The normalized spacial score (nSPS) is 21.7. The second kappa shape index (κ2) is 5.61. The van der Waals surface area contributed by atoms with Gasteiger partial charge in [0, 0.05) is 12.6 Å². The summed E-state index contributed by atoms with van der Waals surface area (Å²) in [4.78, 5) is 0. The first-order chi connectivity index (χ1) is 8.19. The fraction of sp³-hybridized carbons (Fsp3) is 0.571. The van der Waals surface area contributed by atoms with Crippen molar-refractivity contribution in [1.82, 2.24) is 5.32 Å². The van der Waals surface area contributed by atoms with Crippen LogP contribution >= 0.6 is 0 Å². The monoisotopic (exact) mass is 237 g/mol. The Balaban J connectivity index is 2.10. The van der Waals surface area contributed by atoms with Gasteiger partial charge in [-0.25, -0.2) is 4.39 Å². The van der Waals surface area contributed by atoms with E-state index in [1.807, 2.05) is 20.0 Å². The van der Waals surface area contributed by atoms with Gasteiger partial charge in [-0.3, -0.25) is 0 Å². The molecular formula is C14H20FNO. The molecule has 1 aliphatic heterocycles. The number of benzene rings is 1. The minimum atomic E-state index is -0.160. The van der Waals surface area contributed by atoms with Crippen LogP contribution in [0.2, 0.25) is 0 Å². The number of rotatable bonds is 4. The van der Waals surface area contributed by atoms with E-state index in [4.69, 9.17) is 4.74 Å². The number of aryl methyl sites for hydroxylation is 1. The third-order valence-corrected chi connectivity index (χ3v) is 3.34. The Kier molecular flexibility index (Phi) is 4.13. The zero-order valence-corrected chi connectivity index (χ0v) is 10.5. The molecule has 1 fully saturated rings. The largest absolute Gasteiger partial charge is 0.378 e. The van der Waals surface area contributed by atoms with Crippen LogP contribution in [0.15, 0.2) is 18.2 Å². The van der Waals surface area contributed by atoms with Gasteiger partial charge in [0.05, 0.1) is 6.10 Å². The van der Waals surface area contributed by atoms with Gasteiger partial charge in [-0.15, -0.1) is 0 Å². The third kappa shape index (κ3) is 3.27. The van der Waals surface area contributed by atoms with E-state index in [0.29, 0.717) is 6.10 Å². The fourth-order valence-electron chi connectivity index (χ4n) is 2.48. The Labute approximate surface area is 102 Å². The summed E-state index contributed by atoms with van der Waals surface area (Å²) in [5, 5.41) is 3.25. The van der Waals surface area contributed by atoms with Crippen LogP contribution in [-0.2, 0) is 4.74 Å². The van der Waals surface area contributed by atoms with E-state index >= 15 is 0 Å². The van der Waals surface area contributed by atoms with Crippen LogP contribution in [0.4, 0.5) is 4.39 Å². The lowest BCUT2D eigenvalue weighted by atomic mass is 9.98. The Morgan fingerprint density at radius 2 is 2.29 bits per heavy atom. The highest BCUT2D eigenvalue weighted by Gasteiger charge is 2.21. The molecule has 17 heavy (non-hydrogen) atoms. The number of nitrogens with one attached hydrogen (secondary N) is 1. The minimum absolute atomic E-state index is 0.160. The van der Waals surface area contributed by atoms with Crippen LogP contribution in [0.5, 0.6) is 0 Å². The Morgan fingerprint density at radius 3 is 2.88 bits per heavy atom. The molecule has 1 aromatic rings. The van der Waals surface area contributed by atoms with Crippen molar-refractivity contribution >= 4 is 0 Å². The maximum absolute atomic E-state index is 13.4. The van der Waals surface area contributed by atoms with E-state index in [9.17, 15) is 4.39 Å². The Morgan fingerprint density at radius 1 is 1.47 bits per heavy atom. The number of ether oxygens (including phenoxy) is 1. The summed E-state index contributed by atoms with van der Waals surface area (Å²) in [5.41, 5.74) is 1.98. The topological polar surface area (TPSA) is 21.3 Å². The van der Waals surface area contributed by atoms with Crippen LogP contribution < -0.4 is 5.32 Å². The molecule has 0 saturated carbocycles. The molecule has 3 heteroatoms. The summed E-state index contributed by atoms with van der Waals surface area (Å²) in [5.74, 6) is -0.160. The lowest BCUT2D eigenvalue weighted by Gasteiger charge is -2.20. The van der Waals surface area contributed by atoms with E-state index < -0.39 is 0 Å². The average Bonchev–Trinajstić information content (AvgIpc) is 2.77. The van der Waals surface area contributed by atoms with Gasteiger partial charge in [-0.1, -0.05) is 6.07 Å². The molecule has 1 N–H and O–H groups in total. The van der Waals surface area contributed by atoms with Crippen LogP contribution in [0.3, 0.4) is 0 Å². The van der Waals surface area contributed by atoms with E-state index in [1.165, 1.54) is 0 Å². The number of hydrogen-bond donors (Lipinski definition) is 1. The first-order valence-corrected chi connectivity index (χ1v) is 6.25. The molecule has 2 nitrogen and oxygen atoms in total. The highest BCUT2D eigenvalue weighted by molar-refractivity contribution is 5.26. The van der Waals surface area contributed by atoms with Crippen LogP contribution in [0.1, 0.15) is 36.4 Å². The summed E-state index contributed by atoms with van der Waals surface area (Å²) in [6.45, 7) is 2.79. The predicted octanol–water partition coefficient (Wildman–Crippen LogP) is 2.96. The minimum Gasteiger partial charge on any atom is -0.378 e. The van der Waals surface area contributed by atoms with Crippen LogP contribution in [-0.4, -0.2) is 19.8 Å². The third-order valence-electron chi connectivity index (χ3n) is 3.34. The van der Waals surface area contributed by atoms with E-state index in [0.717, 1.165) is 37.0 Å². The van der Waals surface area contributed by atoms with Gasteiger partial charge in [0.2, 0.25) is 0 Å². The van der Waals surface area contributed by atoms with Crippen molar-refractivity contribution in [2.24, 2.45) is 0 Å². The van der Waals surface area contributed by atoms with Gasteiger partial charge in [-0.05, 0) is 56.5 Å². The fourth-order valence-corrected chi connectivity index (χ4v) is 2.48. The SMILES string of the molecule is CNC(CC1CCCO1)c1cc(C)cc(F)c1. The second-order valence-corrected chi connectivity index (χ2v) is 4.77. The van der Waals surface area contributed by atoms with E-state index in [1.54, 1.807) is 12.1 Å². The smallest absolute Gasteiger partial charge is 0.123 e. The number of hydrogen-bond acceptors (Lipinski definition) is 2. The van der Waals surface area contributed by atoms with Gasteiger partial charge in [0.25, 0.3) is 0 Å². The molecule has 2 rings (SSSR count). The molecule has 1 aromatic carbocycles. The predicted molar refractivity (Wildman–Crippen MR) is 66.5 cm³/mol. The molecular weight excluding hydrogens is 217 g/mol. The highest BCUT2D eigenvalue weighted by atomic mass is 19.1. The molecule has 0 radical (unpaired) electrons. The molecule has 2 unspecified atom stereocenters. The van der Waals surface area contributed by atoms with Crippen molar-refractivity contribution in [3.05, 3.63) is 35.1 Å². The lowest BCUT2D eigenvalue weighted by molar-refractivity contribution is 0.0953. The van der Waals surface area contributed by atoms with Gasteiger partial charge in [0.15, 0.2) is 0 Å². The zero-order chi connectivity index (χ0) is 12.3. The molecule has 94 valence electrons. The van der Waals surface area contributed by atoms with Crippen molar-refractivity contribution < 1.29 is 9.13 Å². The van der Waals surface area contributed by atoms with Crippen LogP contribution in [0.25, 0.3) is 0 Å². The Bertz CT molecular complexity index is 354. The first kappa shape index (κ1) is 12.5. The molecule has 1 heterocycles. The molecule has 1 saturated heterocycles. The average molecular weight is 237 g/mol. The number of halogens is 1. The van der Waals surface area contributed by atoms with Crippen molar-refractivity contribution in [1.29, 1.82) is 0 Å². The molecule has 1 aliphatic rings. The molecule has 2 atom stereocenters. The summed E-state index contributed by atoms with van der Waals surface area (Å²) >= 11 is 0. The van der Waals surface area contributed by atoms with Crippen molar-refractivity contribution in [3.63, 3.8) is 0 Å². The highest BCUT2D eigenvalue weighted by Crippen LogP contribution is 2.26. The quantitative estimate of drug-likeness (QED) is 0.869. The summed E-state index contributed by atoms with van der Waals surface area (Å²) in [6, 6.07) is 5.39. The van der Waals surface area contributed by atoms with Gasteiger partial charge < -0.3 is 10.1 Å². The van der Waals surface area contributed by atoms with Crippen molar-refractivity contribution in [3.8, 4) is 0 Å². The molecule has 0 aromatic heterocycles. The zero-order valence-electron chi connectivity index (χ0n) is 10.5. The summed E-state index contributed by atoms with van der Waals surface area (Å²) in [6.07, 6.45) is 3.49. The molecule has 0 amide bonds. The van der Waals surface area contributed by atoms with Crippen molar-refractivity contribution in [2.75, 3.05) is 13.7 Å². The van der Waals surface area contributed by atoms with Gasteiger partial charge >= 0.3 is 0 Å². The molecule has 0 spiro atoms. The molecule has 0 aliphatic carbocycles. The van der Waals surface area contributed by atoms with Crippen molar-refractivity contribution in [2.45, 2.75) is 38.3 Å². The summed E-state index contributed by atoms with van der Waals surface area (Å²) in [7, 11) is 1.92. The lowest BCUT2D eigenvalue weighted by Crippen LogP contribution is -2.22. The van der Waals surface area contributed by atoms with E-state index in [2.05, 4.69) is 5.32 Å². The van der Waals surface area contributed by atoms with Gasteiger partial charge in [-0.2, -0.15) is 0 Å². The first-order valence-electron chi connectivity index (χ1n) is 6.25. The molecule has 0 bridgehead atoms. The maximum atomic E-state index is 13.4. The second-order valence-electron chi connectivity index (χ2n) is 4.77. The summed E-state index contributed by atoms with van der Waals surface area (Å²) < 4.78 is 19.0. The van der Waals surface area contributed by atoms with E-state index in [-0.39, 0.29) is 11.9 Å². The Hall–Kier alpha value is -0.930. The maximum Gasteiger partial charge on any atom is 0.123 e. The van der Waals surface area contributed by atoms with Crippen LogP contribution in [0, 0.1) is 12.7 Å². The van der Waals surface area contributed by atoms with Gasteiger partial charge in [0.1, 0.15) is 5.82 Å². The standard InChI is InChI=1S/C14H20FNO/c1-10-6-11(8-12(15)7-10)14(16-2)9-13-4-3-5-17-13/h6-8,13-14,16H,3-5,9H2,1-2H3.